The van der Waals surface area contributed by atoms with Crippen LogP contribution in [0.5, 0.6) is 0 Å². The molecule has 1 unspecified atom stereocenters. The fraction of sp³-hybridized carbons (Fsp3) is 0.562. The van der Waals surface area contributed by atoms with E-state index in [0.29, 0.717) is 5.56 Å². The molecule has 0 saturated heterocycles. The van der Waals surface area contributed by atoms with Gasteiger partial charge in [-0.05, 0) is 54.4 Å². The third kappa shape index (κ3) is 2.06. The second kappa shape index (κ2) is 4.64. The van der Waals surface area contributed by atoms with Gasteiger partial charge in [-0.2, -0.15) is 0 Å². The minimum atomic E-state index is -0.840. The molecule has 1 atom stereocenters. The van der Waals surface area contributed by atoms with Crippen LogP contribution in [0.2, 0.25) is 0 Å². The summed E-state index contributed by atoms with van der Waals surface area (Å²) in [5, 5.41) is 9.21. The van der Waals surface area contributed by atoms with Crippen LogP contribution in [0.15, 0.2) is 18.2 Å². The Morgan fingerprint density at radius 3 is 2.63 bits per heavy atom. The maximum atomic E-state index is 11.2. The van der Waals surface area contributed by atoms with Crippen LogP contribution >= 0.6 is 0 Å². The molecule has 1 fully saturated rings. The van der Waals surface area contributed by atoms with Gasteiger partial charge in [0, 0.05) is 6.04 Å². The predicted molar refractivity (Wildman–Crippen MR) is 74.3 cm³/mol. The summed E-state index contributed by atoms with van der Waals surface area (Å²) in [6.45, 7) is 0. The molecule has 1 aromatic carbocycles. The van der Waals surface area contributed by atoms with E-state index in [1.54, 1.807) is 6.07 Å². The monoisotopic (exact) mass is 259 g/mol. The molecular weight excluding hydrogens is 238 g/mol. The lowest BCUT2D eigenvalue weighted by molar-refractivity contribution is 0.0696. The predicted octanol–water partition coefficient (Wildman–Crippen LogP) is 3.38. The topological polar surface area (TPSA) is 63.3 Å². The Kier molecular flexibility index (Phi) is 3.09. The molecule has 1 spiro atoms. The van der Waals surface area contributed by atoms with Crippen molar-refractivity contribution in [1.82, 2.24) is 0 Å². The molecule has 102 valence electrons. The molecule has 3 heteroatoms. The molecule has 0 radical (unpaired) electrons. The van der Waals surface area contributed by atoms with E-state index in [9.17, 15) is 9.90 Å². The summed E-state index contributed by atoms with van der Waals surface area (Å²) in [5.41, 5.74) is 9.23. The molecule has 2 aliphatic carbocycles. The Balaban J connectivity index is 2.11. The maximum absolute atomic E-state index is 11.2. The summed E-state index contributed by atoms with van der Waals surface area (Å²) < 4.78 is 0. The molecule has 0 aliphatic heterocycles. The molecule has 19 heavy (non-hydrogen) atoms. The Hall–Kier alpha value is -1.35. The van der Waals surface area contributed by atoms with Crippen molar-refractivity contribution in [3.63, 3.8) is 0 Å². The van der Waals surface area contributed by atoms with Crippen molar-refractivity contribution in [3.05, 3.63) is 34.9 Å². The summed E-state index contributed by atoms with van der Waals surface area (Å²) in [6.07, 6.45) is 8.34. The van der Waals surface area contributed by atoms with Crippen LogP contribution in [-0.4, -0.2) is 11.1 Å². The largest absolute Gasteiger partial charge is 0.478 e. The molecule has 0 aromatic heterocycles. The van der Waals surface area contributed by atoms with Gasteiger partial charge in [0.1, 0.15) is 0 Å². The van der Waals surface area contributed by atoms with Gasteiger partial charge >= 0.3 is 5.97 Å². The normalized spacial score (nSPS) is 25.0. The van der Waals surface area contributed by atoms with Gasteiger partial charge in [0.15, 0.2) is 0 Å². The van der Waals surface area contributed by atoms with Crippen LogP contribution in [0.1, 0.15) is 72.5 Å². The quantitative estimate of drug-likeness (QED) is 0.812. The van der Waals surface area contributed by atoms with Crippen LogP contribution in [0.4, 0.5) is 0 Å². The number of carboxylic acids is 1. The fourth-order valence-corrected chi connectivity index (χ4v) is 3.94. The summed E-state index contributed by atoms with van der Waals surface area (Å²) in [4.78, 5) is 11.2. The van der Waals surface area contributed by atoms with E-state index >= 15 is 0 Å². The van der Waals surface area contributed by atoms with Gasteiger partial charge in [0.2, 0.25) is 0 Å². The zero-order chi connectivity index (χ0) is 13.5. The van der Waals surface area contributed by atoms with Crippen molar-refractivity contribution in [2.45, 2.75) is 56.4 Å². The lowest BCUT2D eigenvalue weighted by atomic mass is 9.61. The van der Waals surface area contributed by atoms with Crippen molar-refractivity contribution < 1.29 is 9.90 Å². The highest BCUT2D eigenvalue weighted by Crippen LogP contribution is 2.49. The van der Waals surface area contributed by atoms with E-state index in [4.69, 9.17) is 5.73 Å². The van der Waals surface area contributed by atoms with Crippen LogP contribution in [0.25, 0.3) is 0 Å². The van der Waals surface area contributed by atoms with Crippen molar-refractivity contribution in [1.29, 1.82) is 0 Å². The smallest absolute Gasteiger partial charge is 0.335 e. The highest BCUT2D eigenvalue weighted by molar-refractivity contribution is 5.88. The number of hydrogen-bond acceptors (Lipinski definition) is 2. The van der Waals surface area contributed by atoms with E-state index < -0.39 is 5.97 Å². The fourth-order valence-electron chi connectivity index (χ4n) is 3.94. The molecule has 0 amide bonds. The van der Waals surface area contributed by atoms with Gasteiger partial charge in [0.05, 0.1) is 5.56 Å². The molecule has 2 aliphatic rings. The van der Waals surface area contributed by atoms with Crippen molar-refractivity contribution in [3.8, 4) is 0 Å². The zero-order valence-electron chi connectivity index (χ0n) is 11.2. The maximum Gasteiger partial charge on any atom is 0.335 e. The SMILES string of the molecule is NC1CCC2(CCCCC2)c2cc(C(=O)O)ccc21. The first-order chi connectivity index (χ1) is 9.12. The highest BCUT2D eigenvalue weighted by atomic mass is 16.4. The van der Waals surface area contributed by atoms with E-state index in [1.165, 1.54) is 43.2 Å². The number of rotatable bonds is 1. The zero-order valence-corrected chi connectivity index (χ0v) is 11.2. The molecule has 0 heterocycles. The number of benzene rings is 1. The van der Waals surface area contributed by atoms with E-state index in [1.807, 2.05) is 12.1 Å². The van der Waals surface area contributed by atoms with Gasteiger partial charge in [-0.1, -0.05) is 25.3 Å². The third-order valence-corrected chi connectivity index (χ3v) is 5.02. The van der Waals surface area contributed by atoms with E-state index in [-0.39, 0.29) is 11.5 Å². The summed E-state index contributed by atoms with van der Waals surface area (Å²) in [7, 11) is 0. The third-order valence-electron chi connectivity index (χ3n) is 5.02. The van der Waals surface area contributed by atoms with Crippen LogP contribution < -0.4 is 5.73 Å². The van der Waals surface area contributed by atoms with Crippen LogP contribution in [0.3, 0.4) is 0 Å². The van der Waals surface area contributed by atoms with Gasteiger partial charge in [-0.15, -0.1) is 0 Å². The Labute approximate surface area is 113 Å². The number of aromatic carboxylic acids is 1. The molecule has 0 bridgehead atoms. The minimum absolute atomic E-state index is 0.0744. The second-order valence-electron chi connectivity index (χ2n) is 6.09. The first-order valence-corrected chi connectivity index (χ1v) is 7.26. The molecule has 1 saturated carbocycles. The Bertz CT molecular complexity index is 503. The van der Waals surface area contributed by atoms with E-state index in [0.717, 1.165) is 12.8 Å². The lowest BCUT2D eigenvalue weighted by Gasteiger charge is -2.44. The summed E-state index contributed by atoms with van der Waals surface area (Å²) in [5.74, 6) is -0.840. The summed E-state index contributed by atoms with van der Waals surface area (Å²) in [6, 6.07) is 5.61. The van der Waals surface area contributed by atoms with Crippen LogP contribution in [0, 0.1) is 0 Å². The van der Waals surface area contributed by atoms with Crippen LogP contribution in [-0.2, 0) is 5.41 Å². The Morgan fingerprint density at radius 2 is 1.95 bits per heavy atom. The molecule has 3 nitrogen and oxygen atoms in total. The minimum Gasteiger partial charge on any atom is -0.478 e. The number of hydrogen-bond donors (Lipinski definition) is 2. The molecule has 1 aromatic rings. The Morgan fingerprint density at radius 1 is 1.21 bits per heavy atom. The molecule has 3 N–H and O–H groups in total. The van der Waals surface area contributed by atoms with Gasteiger partial charge in [-0.3, -0.25) is 0 Å². The number of nitrogens with two attached hydrogens (primary N) is 1. The van der Waals surface area contributed by atoms with Crippen molar-refractivity contribution in [2.75, 3.05) is 0 Å². The first-order valence-electron chi connectivity index (χ1n) is 7.26. The highest BCUT2D eigenvalue weighted by Gasteiger charge is 2.39. The summed E-state index contributed by atoms with van der Waals surface area (Å²) >= 11 is 0. The van der Waals surface area contributed by atoms with Crippen molar-refractivity contribution >= 4 is 5.97 Å². The number of carboxylic acid groups (broad SMARTS) is 1. The first kappa shape index (κ1) is 12.7. The second-order valence-corrected chi connectivity index (χ2v) is 6.09. The van der Waals surface area contributed by atoms with Gasteiger partial charge in [-0.25, -0.2) is 4.79 Å². The lowest BCUT2D eigenvalue weighted by Crippen LogP contribution is -2.36. The number of carbonyl (C=O) groups is 1. The average molecular weight is 259 g/mol. The van der Waals surface area contributed by atoms with Crippen molar-refractivity contribution in [2.24, 2.45) is 5.73 Å². The number of fused-ring (bicyclic) bond motifs is 2. The molecular formula is C16H21NO2. The van der Waals surface area contributed by atoms with Gasteiger partial charge in [0.25, 0.3) is 0 Å². The molecule has 3 rings (SSSR count). The standard InChI is InChI=1S/C16H21NO2/c17-14-6-9-16(7-2-1-3-8-16)13-10-11(15(18)19)4-5-12(13)14/h4-5,10,14H,1-3,6-9,17H2,(H,18,19). The average Bonchev–Trinajstić information content (AvgIpc) is 2.44. The van der Waals surface area contributed by atoms with Gasteiger partial charge < -0.3 is 10.8 Å². The van der Waals surface area contributed by atoms with E-state index in [2.05, 4.69) is 0 Å².